The zero-order chi connectivity index (χ0) is 25.5. The Balaban J connectivity index is 0.00000456. The summed E-state index contributed by atoms with van der Waals surface area (Å²) in [6.07, 6.45) is 4.29. The minimum absolute atomic E-state index is 0. The van der Waals surface area contributed by atoms with Gasteiger partial charge >= 0.3 is 57.4 Å². The molecule has 0 fully saturated rings. The smallest absolute Gasteiger partial charge is 0.870 e. The molecule has 182 valence electrons. The van der Waals surface area contributed by atoms with E-state index < -0.39 is 29.0 Å². The van der Waals surface area contributed by atoms with E-state index in [9.17, 15) is 24.8 Å². The molecule has 0 atom stereocenters. The molecule has 0 radical (unpaired) electrons. The monoisotopic (exact) mass is 533 g/mol. The van der Waals surface area contributed by atoms with Crippen LogP contribution in [0.1, 0.15) is 50.9 Å². The first-order valence-corrected chi connectivity index (χ1v) is 11.7. The summed E-state index contributed by atoms with van der Waals surface area (Å²) in [5, 5.41) is 25.5. The number of ketones is 1. The number of carbonyl (C=O) groups is 3. The number of esters is 1. The van der Waals surface area contributed by atoms with Gasteiger partial charge in [-0.25, -0.2) is 4.79 Å². The van der Waals surface area contributed by atoms with Crippen LogP contribution >= 0.6 is 11.3 Å². The second kappa shape index (κ2) is 13.7. The van der Waals surface area contributed by atoms with Crippen molar-refractivity contribution in [2.45, 2.75) is 32.6 Å². The summed E-state index contributed by atoms with van der Waals surface area (Å²) in [4.78, 5) is 38.4. The van der Waals surface area contributed by atoms with Crippen molar-refractivity contribution in [1.82, 2.24) is 0 Å². The number of nitrogens with two attached hydrogens (primary N) is 1. The quantitative estimate of drug-likeness (QED) is 0.0841. The molecule has 0 aliphatic heterocycles. The fraction of sp³-hybridized carbons (Fsp3) is 0.280. The van der Waals surface area contributed by atoms with Gasteiger partial charge in [0.05, 0.1) is 19.3 Å². The van der Waals surface area contributed by atoms with Crippen LogP contribution in [0.2, 0.25) is 0 Å². The fourth-order valence-electron chi connectivity index (χ4n) is 3.68. The Bertz CT molecular complexity index is 1260. The predicted octanol–water partition coefficient (Wildman–Crippen LogP) is -0.382. The molecule has 0 unspecified atom stereocenters. The van der Waals surface area contributed by atoms with Gasteiger partial charge in [-0.05, 0) is 62.4 Å². The van der Waals surface area contributed by atoms with Crippen LogP contribution in [-0.4, -0.2) is 31.4 Å². The van der Waals surface area contributed by atoms with E-state index in [1.54, 1.807) is 19.1 Å². The van der Waals surface area contributed by atoms with Gasteiger partial charge in [-0.1, -0.05) is 5.76 Å². The molecule has 36 heavy (non-hydrogen) atoms. The summed E-state index contributed by atoms with van der Waals surface area (Å²) in [5.74, 6) is -2.86. The number of aryl methyl sites for hydroxylation is 1. The van der Waals surface area contributed by atoms with Gasteiger partial charge < -0.3 is 25.6 Å². The van der Waals surface area contributed by atoms with Crippen molar-refractivity contribution in [2.24, 2.45) is 5.73 Å². The summed E-state index contributed by atoms with van der Waals surface area (Å²) >= 11 is 1.28. The predicted molar refractivity (Wildman–Crippen MR) is 128 cm³/mol. The number of fused-ring (bicyclic) bond motifs is 1. The topological polar surface area (TPSA) is 155 Å². The standard InChI is InChI=1S/C25H25N3O6S.K/c1-3-34-25(32)21-16-6-4-5-7-20(16)35-24(21)28-18(22(30)17(13-26)23(27)31)12-19(29)14-8-10-15(33-2)11-9-14;/h8-12,28,30H,3-7H2,1-2H3,(H2,27,31);/q;+1/p-1/b18-12-,22-17-;. The molecule has 1 aliphatic carbocycles. The Kier molecular flexibility index (Phi) is 11.4. The number of benzene rings is 1. The van der Waals surface area contributed by atoms with Crippen molar-refractivity contribution in [2.75, 3.05) is 19.0 Å². The number of methoxy groups -OCH3 is 1. The Morgan fingerprint density at radius 1 is 1.22 bits per heavy atom. The number of hydrogen-bond donors (Lipinski definition) is 2. The number of nitrogens with one attached hydrogen (secondary N) is 1. The molecule has 1 heterocycles. The zero-order valence-electron chi connectivity index (χ0n) is 20.3. The van der Waals surface area contributed by atoms with Gasteiger partial charge in [0.2, 0.25) is 0 Å². The van der Waals surface area contributed by atoms with Crippen LogP contribution < -0.4 is 72.3 Å². The van der Waals surface area contributed by atoms with Crippen molar-refractivity contribution >= 4 is 34.0 Å². The Morgan fingerprint density at radius 3 is 2.47 bits per heavy atom. The molecule has 0 saturated heterocycles. The van der Waals surface area contributed by atoms with E-state index >= 15 is 0 Å². The number of ether oxygens (including phenoxy) is 2. The van der Waals surface area contributed by atoms with Crippen LogP contribution in [0.3, 0.4) is 0 Å². The summed E-state index contributed by atoms with van der Waals surface area (Å²) in [7, 11) is 1.49. The number of rotatable bonds is 9. The van der Waals surface area contributed by atoms with E-state index in [1.807, 2.05) is 0 Å². The summed E-state index contributed by atoms with van der Waals surface area (Å²) < 4.78 is 10.3. The van der Waals surface area contributed by atoms with Gasteiger partial charge in [0.1, 0.15) is 22.4 Å². The van der Waals surface area contributed by atoms with Crippen molar-refractivity contribution in [1.29, 1.82) is 5.26 Å². The average molecular weight is 534 g/mol. The molecular weight excluding hydrogens is 509 g/mol. The number of primary amides is 1. The first-order valence-electron chi connectivity index (χ1n) is 10.9. The first-order chi connectivity index (χ1) is 16.8. The maximum atomic E-state index is 13.1. The van der Waals surface area contributed by atoms with Crippen LogP contribution in [0.25, 0.3) is 0 Å². The van der Waals surface area contributed by atoms with Gasteiger partial charge in [0.15, 0.2) is 5.78 Å². The number of nitrogens with zero attached hydrogens (tertiary/aromatic N) is 1. The van der Waals surface area contributed by atoms with Crippen molar-refractivity contribution in [3.05, 3.63) is 68.9 Å². The third-order valence-corrected chi connectivity index (χ3v) is 6.59. The molecule has 1 aliphatic rings. The number of amides is 1. The first kappa shape index (κ1) is 29.8. The molecule has 1 amide bonds. The number of anilines is 1. The summed E-state index contributed by atoms with van der Waals surface area (Å²) in [6, 6.07) is 7.68. The normalized spacial score (nSPS) is 13.3. The SMILES string of the molecule is CCOC(=O)c1c(NC(=C\C(=O)c2ccc(OC)cc2)/C([O-])=C(\C#N)C(N)=O)sc2c1CCCC2.[K+]. The molecule has 3 N–H and O–H groups in total. The number of hydrogen-bond acceptors (Lipinski definition) is 9. The van der Waals surface area contributed by atoms with Crippen molar-refractivity contribution in [3.63, 3.8) is 0 Å². The van der Waals surface area contributed by atoms with Crippen LogP contribution in [0.4, 0.5) is 5.00 Å². The molecule has 0 bridgehead atoms. The Hall–Kier alpha value is -2.46. The van der Waals surface area contributed by atoms with E-state index in [2.05, 4.69) is 5.32 Å². The molecule has 1 aromatic carbocycles. The van der Waals surface area contributed by atoms with E-state index in [0.29, 0.717) is 22.7 Å². The second-order valence-corrected chi connectivity index (χ2v) is 8.70. The fourth-order valence-corrected chi connectivity index (χ4v) is 4.97. The van der Waals surface area contributed by atoms with Gasteiger partial charge in [0, 0.05) is 22.2 Å². The number of allylic oxidation sites excluding steroid dienone is 1. The van der Waals surface area contributed by atoms with E-state index in [1.165, 1.54) is 36.6 Å². The maximum absolute atomic E-state index is 13.1. The third kappa shape index (κ3) is 6.85. The molecular formula is C25H24KN3O6S. The molecule has 1 aromatic heterocycles. The Labute approximate surface area is 255 Å². The van der Waals surface area contributed by atoms with Gasteiger partial charge in [-0.3, -0.25) is 9.59 Å². The molecule has 3 rings (SSSR count). The van der Waals surface area contributed by atoms with Gasteiger partial charge in [-0.2, -0.15) is 5.26 Å². The molecule has 2 aromatic rings. The minimum atomic E-state index is -1.22. The molecule has 9 nitrogen and oxygen atoms in total. The van der Waals surface area contributed by atoms with E-state index in [0.717, 1.165) is 35.8 Å². The minimum Gasteiger partial charge on any atom is -0.870 e. The number of thiophene rings is 1. The average Bonchev–Trinajstić information content (AvgIpc) is 3.21. The molecule has 11 heteroatoms. The van der Waals surface area contributed by atoms with Crippen LogP contribution in [0, 0.1) is 11.3 Å². The van der Waals surface area contributed by atoms with Gasteiger partial charge in [-0.15, -0.1) is 11.3 Å². The van der Waals surface area contributed by atoms with Crippen LogP contribution in [0.15, 0.2) is 47.4 Å². The third-order valence-electron chi connectivity index (χ3n) is 5.38. The van der Waals surface area contributed by atoms with E-state index in [4.69, 9.17) is 15.2 Å². The van der Waals surface area contributed by atoms with Crippen molar-refractivity contribution in [3.8, 4) is 11.8 Å². The largest absolute Gasteiger partial charge is 1.00 e. The van der Waals surface area contributed by atoms with Crippen LogP contribution in [0.5, 0.6) is 5.75 Å². The zero-order valence-corrected chi connectivity index (χ0v) is 24.2. The number of nitriles is 1. The van der Waals surface area contributed by atoms with Crippen LogP contribution in [-0.2, 0) is 22.4 Å². The summed E-state index contributed by atoms with van der Waals surface area (Å²) in [5.41, 5.74) is 5.38. The Morgan fingerprint density at radius 2 is 1.89 bits per heavy atom. The maximum Gasteiger partial charge on any atom is 1.00 e. The number of carbonyl (C=O) groups excluding carboxylic acids is 3. The van der Waals surface area contributed by atoms with Gasteiger partial charge in [0.25, 0.3) is 5.91 Å². The summed E-state index contributed by atoms with van der Waals surface area (Å²) in [6.45, 7) is 1.85. The van der Waals surface area contributed by atoms with E-state index in [-0.39, 0.29) is 69.3 Å². The molecule has 0 saturated carbocycles. The second-order valence-electron chi connectivity index (χ2n) is 7.59. The van der Waals surface area contributed by atoms with Crippen molar-refractivity contribution < 1.29 is 80.3 Å². The molecule has 0 spiro atoms.